The van der Waals surface area contributed by atoms with Crippen molar-refractivity contribution in [2.75, 3.05) is 31.1 Å². The van der Waals surface area contributed by atoms with Crippen molar-refractivity contribution in [3.63, 3.8) is 0 Å². The van der Waals surface area contributed by atoms with Crippen LogP contribution in [0, 0.1) is 5.82 Å². The molecule has 0 aliphatic carbocycles. The number of nitrogens with zero attached hydrogens (tertiary/aromatic N) is 5. The Balaban J connectivity index is 1.80. The standard InChI is InChI=1S/C17H17F7N6O3S/c1-28-13(15(32,12(25)31)17(22,23)24)26-14(27-28)34(33)30-6-4-29(5-7-30)11-3-2-9(18)8-10(11)16(19,20)21/h2-3,8,32H,4-7H2,1H3,(H2,25,31). The lowest BCUT2D eigenvalue weighted by Crippen LogP contribution is -2.54. The van der Waals surface area contributed by atoms with Gasteiger partial charge in [0.05, 0.1) is 5.56 Å². The number of alkyl halides is 6. The van der Waals surface area contributed by atoms with Gasteiger partial charge in [-0.15, -0.1) is 5.10 Å². The van der Waals surface area contributed by atoms with E-state index in [1.807, 2.05) is 0 Å². The second-order valence-corrected chi connectivity index (χ2v) is 8.62. The van der Waals surface area contributed by atoms with E-state index < -0.39 is 57.2 Å². The molecule has 1 aliphatic rings. The first kappa shape index (κ1) is 25.8. The summed E-state index contributed by atoms with van der Waals surface area (Å²) < 4.78 is 107. The maximum Gasteiger partial charge on any atom is 0.433 e. The van der Waals surface area contributed by atoms with E-state index in [1.54, 1.807) is 0 Å². The summed E-state index contributed by atoms with van der Waals surface area (Å²) in [5.41, 5.74) is -0.932. The van der Waals surface area contributed by atoms with Crippen molar-refractivity contribution < 1.29 is 44.8 Å². The summed E-state index contributed by atoms with van der Waals surface area (Å²) in [6, 6.07) is 2.20. The van der Waals surface area contributed by atoms with Crippen LogP contribution in [0.1, 0.15) is 11.4 Å². The fraction of sp³-hybridized carbons (Fsp3) is 0.471. The third kappa shape index (κ3) is 4.58. The highest BCUT2D eigenvalue weighted by atomic mass is 32.2. The number of halogens is 7. The first-order valence-electron chi connectivity index (χ1n) is 9.36. The highest BCUT2D eigenvalue weighted by molar-refractivity contribution is 7.82. The van der Waals surface area contributed by atoms with Gasteiger partial charge < -0.3 is 15.7 Å². The van der Waals surface area contributed by atoms with Gasteiger partial charge in [-0.25, -0.2) is 17.6 Å². The fourth-order valence-corrected chi connectivity index (χ4v) is 4.43. The molecule has 17 heteroatoms. The number of hydrogen-bond acceptors (Lipinski definition) is 6. The Bertz CT molecular complexity index is 1110. The number of amides is 1. The molecule has 188 valence electrons. The van der Waals surface area contributed by atoms with Gasteiger partial charge in [-0.3, -0.25) is 4.79 Å². The molecule has 0 spiro atoms. The van der Waals surface area contributed by atoms with Crippen molar-refractivity contribution in [1.29, 1.82) is 0 Å². The lowest BCUT2D eigenvalue weighted by molar-refractivity contribution is -0.258. The molecule has 9 nitrogen and oxygen atoms in total. The summed E-state index contributed by atoms with van der Waals surface area (Å²) in [5, 5.41) is 12.8. The van der Waals surface area contributed by atoms with Crippen molar-refractivity contribution in [3.8, 4) is 0 Å². The molecule has 2 unspecified atom stereocenters. The van der Waals surface area contributed by atoms with Gasteiger partial charge in [0.15, 0.2) is 16.8 Å². The van der Waals surface area contributed by atoms with E-state index in [0.29, 0.717) is 10.7 Å². The molecular formula is C17H17F7N6O3S. The van der Waals surface area contributed by atoms with E-state index in [2.05, 4.69) is 10.1 Å². The molecule has 3 rings (SSSR count). The molecule has 34 heavy (non-hydrogen) atoms. The minimum Gasteiger partial charge on any atom is -0.368 e. The number of carbonyl (C=O) groups excluding carboxylic acids is 1. The zero-order valence-electron chi connectivity index (χ0n) is 17.2. The number of nitrogens with two attached hydrogens (primary N) is 1. The topological polar surface area (TPSA) is 118 Å². The zero-order valence-corrected chi connectivity index (χ0v) is 18.0. The number of hydrogen-bond donors (Lipinski definition) is 2. The van der Waals surface area contributed by atoms with E-state index in [1.165, 1.54) is 9.21 Å². The lowest BCUT2D eigenvalue weighted by Gasteiger charge is -2.35. The van der Waals surface area contributed by atoms with Gasteiger partial charge in [-0.05, 0) is 18.2 Å². The van der Waals surface area contributed by atoms with Crippen LogP contribution < -0.4 is 10.6 Å². The van der Waals surface area contributed by atoms with Gasteiger partial charge in [0.2, 0.25) is 0 Å². The summed E-state index contributed by atoms with van der Waals surface area (Å²) in [6.45, 7) is -0.412. The average molecular weight is 518 g/mol. The van der Waals surface area contributed by atoms with Gasteiger partial charge in [-0.2, -0.15) is 31.3 Å². The number of aliphatic hydroxyl groups is 1. The van der Waals surface area contributed by atoms with Crippen molar-refractivity contribution in [3.05, 3.63) is 35.4 Å². The zero-order chi connectivity index (χ0) is 25.6. The Labute approximate surface area is 189 Å². The number of aryl methyl sites for hydroxylation is 1. The Hall–Kier alpha value is -2.79. The number of primary amides is 1. The molecule has 3 N–H and O–H groups in total. The molecule has 1 aromatic heterocycles. The molecular weight excluding hydrogens is 501 g/mol. The fourth-order valence-electron chi connectivity index (χ4n) is 3.35. The summed E-state index contributed by atoms with van der Waals surface area (Å²) in [7, 11) is -1.36. The number of aromatic nitrogens is 3. The first-order valence-corrected chi connectivity index (χ1v) is 10.5. The van der Waals surface area contributed by atoms with Crippen molar-refractivity contribution in [2.45, 2.75) is 23.1 Å². The van der Waals surface area contributed by atoms with Gasteiger partial charge in [0, 0.05) is 38.9 Å². The average Bonchev–Trinajstić information content (AvgIpc) is 3.13. The SMILES string of the molecule is Cn1nc(S(=O)N2CCN(c3ccc(F)cc3C(F)(F)F)CC2)nc1C(O)(C(N)=O)C(F)(F)F. The Kier molecular flexibility index (Phi) is 6.66. The molecule has 1 amide bonds. The molecule has 1 aliphatic heterocycles. The smallest absolute Gasteiger partial charge is 0.368 e. The number of anilines is 1. The summed E-state index contributed by atoms with van der Waals surface area (Å²) in [6.07, 6.45) is -10.4. The first-order chi connectivity index (χ1) is 15.6. The Morgan fingerprint density at radius 1 is 1.12 bits per heavy atom. The summed E-state index contributed by atoms with van der Waals surface area (Å²) in [5.74, 6) is -4.53. The van der Waals surface area contributed by atoms with Crippen molar-refractivity contribution in [2.24, 2.45) is 12.8 Å². The minimum absolute atomic E-state index is 0.0894. The highest BCUT2D eigenvalue weighted by Crippen LogP contribution is 2.39. The Morgan fingerprint density at radius 2 is 1.71 bits per heavy atom. The maximum atomic E-state index is 13.3. The van der Waals surface area contributed by atoms with Gasteiger partial charge in [-0.1, -0.05) is 0 Å². The molecule has 1 fully saturated rings. The normalized spacial score (nSPS) is 18.6. The van der Waals surface area contributed by atoms with Crippen LogP contribution in [0.5, 0.6) is 0 Å². The van der Waals surface area contributed by atoms with Crippen LogP contribution in [0.4, 0.5) is 36.4 Å². The van der Waals surface area contributed by atoms with E-state index in [-0.39, 0.29) is 31.9 Å². The second-order valence-electron chi connectivity index (χ2n) is 7.24. The largest absolute Gasteiger partial charge is 0.433 e. The molecule has 0 bridgehead atoms. The van der Waals surface area contributed by atoms with Gasteiger partial charge in [0.1, 0.15) is 5.82 Å². The van der Waals surface area contributed by atoms with E-state index >= 15 is 0 Å². The van der Waals surface area contributed by atoms with Crippen LogP contribution in [0.2, 0.25) is 0 Å². The quantitative estimate of drug-likeness (QED) is 0.572. The summed E-state index contributed by atoms with van der Waals surface area (Å²) in [4.78, 5) is 16.1. The van der Waals surface area contributed by atoms with Crippen molar-refractivity contribution >= 4 is 22.6 Å². The molecule has 2 heterocycles. The van der Waals surface area contributed by atoms with Crippen LogP contribution in [-0.4, -0.2) is 66.6 Å². The van der Waals surface area contributed by atoms with E-state index in [9.17, 15) is 44.8 Å². The lowest BCUT2D eigenvalue weighted by atomic mass is 10.0. The monoisotopic (exact) mass is 518 g/mol. The minimum atomic E-state index is -5.55. The predicted octanol–water partition coefficient (Wildman–Crippen LogP) is 1.05. The summed E-state index contributed by atoms with van der Waals surface area (Å²) >= 11 is 0. The third-order valence-corrected chi connectivity index (χ3v) is 6.39. The van der Waals surface area contributed by atoms with Crippen LogP contribution in [-0.2, 0) is 34.6 Å². The maximum absolute atomic E-state index is 13.3. The van der Waals surface area contributed by atoms with E-state index in [0.717, 1.165) is 19.2 Å². The number of piperazine rings is 1. The Morgan fingerprint density at radius 3 is 2.21 bits per heavy atom. The number of rotatable bonds is 5. The van der Waals surface area contributed by atoms with E-state index in [4.69, 9.17) is 5.73 Å². The highest BCUT2D eigenvalue weighted by Gasteiger charge is 2.63. The molecule has 2 atom stereocenters. The van der Waals surface area contributed by atoms with Crippen LogP contribution in [0.25, 0.3) is 0 Å². The predicted molar refractivity (Wildman–Crippen MR) is 102 cm³/mol. The van der Waals surface area contributed by atoms with Crippen LogP contribution >= 0.6 is 0 Å². The molecule has 0 radical (unpaired) electrons. The van der Waals surface area contributed by atoms with Crippen LogP contribution in [0.15, 0.2) is 23.4 Å². The second kappa shape index (κ2) is 8.77. The van der Waals surface area contributed by atoms with Crippen molar-refractivity contribution in [1.82, 2.24) is 19.1 Å². The third-order valence-electron chi connectivity index (χ3n) is 5.07. The molecule has 2 aromatic rings. The molecule has 0 saturated carbocycles. The molecule has 1 saturated heterocycles. The molecule has 1 aromatic carbocycles. The number of carbonyl (C=O) groups is 1. The van der Waals surface area contributed by atoms with Gasteiger partial charge >= 0.3 is 12.4 Å². The number of benzene rings is 1. The van der Waals surface area contributed by atoms with Crippen LogP contribution in [0.3, 0.4) is 0 Å². The van der Waals surface area contributed by atoms with Gasteiger partial charge in [0.25, 0.3) is 16.7 Å².